The number of hydrogen-bond donors (Lipinski definition) is 2. The summed E-state index contributed by atoms with van der Waals surface area (Å²) in [5, 5.41) is 5.71. The van der Waals surface area contributed by atoms with Crippen molar-refractivity contribution in [1.29, 1.82) is 0 Å². The topological polar surface area (TPSA) is 67.4 Å². The smallest absolute Gasteiger partial charge is 0.255 e. The van der Waals surface area contributed by atoms with Crippen molar-refractivity contribution in [3.8, 4) is 5.75 Å². The van der Waals surface area contributed by atoms with Crippen molar-refractivity contribution in [2.45, 2.75) is 20.8 Å². The van der Waals surface area contributed by atoms with Crippen LogP contribution in [0.4, 0.5) is 11.4 Å². The van der Waals surface area contributed by atoms with Crippen LogP contribution in [0.15, 0.2) is 66.7 Å². The van der Waals surface area contributed by atoms with Gasteiger partial charge in [-0.1, -0.05) is 17.7 Å². The van der Waals surface area contributed by atoms with Gasteiger partial charge >= 0.3 is 0 Å². The standard InChI is InChI=1S/C24H24N2O3/c1-4-29-21-12-10-20(11-13-21)25-23(27)18-6-8-19(9-7-18)26-24(28)22-14-5-16(2)15-17(22)3/h5-15H,4H2,1-3H3,(H,25,27)(H,26,28). The summed E-state index contributed by atoms with van der Waals surface area (Å²) in [5.41, 5.74) is 4.49. The Balaban J connectivity index is 1.63. The first-order chi connectivity index (χ1) is 14.0. The summed E-state index contributed by atoms with van der Waals surface area (Å²) in [6.07, 6.45) is 0. The first kappa shape index (κ1) is 20.1. The summed E-state index contributed by atoms with van der Waals surface area (Å²) >= 11 is 0. The van der Waals surface area contributed by atoms with E-state index in [1.165, 1.54) is 0 Å². The Bertz CT molecular complexity index is 1010. The zero-order chi connectivity index (χ0) is 20.8. The minimum absolute atomic E-state index is 0.172. The molecular weight excluding hydrogens is 364 g/mol. The maximum absolute atomic E-state index is 12.5. The van der Waals surface area contributed by atoms with E-state index in [-0.39, 0.29) is 11.8 Å². The molecule has 148 valence electrons. The van der Waals surface area contributed by atoms with Crippen LogP contribution in [0.25, 0.3) is 0 Å². The largest absolute Gasteiger partial charge is 0.494 e. The summed E-state index contributed by atoms with van der Waals surface area (Å²) < 4.78 is 5.39. The number of rotatable bonds is 6. The molecule has 0 saturated heterocycles. The second-order valence-corrected chi connectivity index (χ2v) is 6.76. The highest BCUT2D eigenvalue weighted by Crippen LogP contribution is 2.18. The minimum Gasteiger partial charge on any atom is -0.494 e. The molecule has 0 heterocycles. The molecule has 5 nitrogen and oxygen atoms in total. The van der Waals surface area contributed by atoms with E-state index in [4.69, 9.17) is 4.74 Å². The molecule has 0 atom stereocenters. The molecule has 0 aliphatic rings. The summed E-state index contributed by atoms with van der Waals surface area (Å²) in [6, 6.07) is 19.7. The molecular formula is C24H24N2O3. The Morgan fingerprint density at radius 3 is 1.97 bits per heavy atom. The van der Waals surface area contributed by atoms with E-state index >= 15 is 0 Å². The molecule has 29 heavy (non-hydrogen) atoms. The van der Waals surface area contributed by atoms with Gasteiger partial charge in [0.1, 0.15) is 5.75 Å². The number of anilines is 2. The molecule has 2 amide bonds. The number of aryl methyl sites for hydroxylation is 2. The highest BCUT2D eigenvalue weighted by atomic mass is 16.5. The molecule has 0 fully saturated rings. The van der Waals surface area contributed by atoms with Gasteiger partial charge < -0.3 is 15.4 Å². The molecule has 0 unspecified atom stereocenters. The average Bonchev–Trinajstić information content (AvgIpc) is 2.70. The number of carbonyl (C=O) groups excluding carboxylic acids is 2. The maximum atomic E-state index is 12.5. The van der Waals surface area contributed by atoms with Gasteiger partial charge in [-0.25, -0.2) is 0 Å². The van der Waals surface area contributed by atoms with Crippen LogP contribution in [0.1, 0.15) is 38.8 Å². The summed E-state index contributed by atoms with van der Waals surface area (Å²) in [5.74, 6) is 0.366. The van der Waals surface area contributed by atoms with Gasteiger partial charge in [0.15, 0.2) is 0 Å². The Kier molecular flexibility index (Phi) is 6.29. The van der Waals surface area contributed by atoms with Crippen molar-refractivity contribution in [3.05, 3.63) is 89.0 Å². The van der Waals surface area contributed by atoms with Crippen molar-refractivity contribution in [2.24, 2.45) is 0 Å². The van der Waals surface area contributed by atoms with E-state index in [1.807, 2.05) is 51.1 Å². The first-order valence-electron chi connectivity index (χ1n) is 9.49. The minimum atomic E-state index is -0.221. The number of ether oxygens (including phenoxy) is 1. The summed E-state index contributed by atoms with van der Waals surface area (Å²) in [6.45, 7) is 6.42. The van der Waals surface area contributed by atoms with Crippen molar-refractivity contribution in [1.82, 2.24) is 0 Å². The molecule has 3 aromatic rings. The summed E-state index contributed by atoms with van der Waals surface area (Å²) in [7, 11) is 0. The van der Waals surface area contributed by atoms with Crippen LogP contribution < -0.4 is 15.4 Å². The van der Waals surface area contributed by atoms with Crippen molar-refractivity contribution < 1.29 is 14.3 Å². The van der Waals surface area contributed by atoms with Gasteiger partial charge in [-0.15, -0.1) is 0 Å². The molecule has 2 N–H and O–H groups in total. The van der Waals surface area contributed by atoms with Gasteiger partial charge in [-0.2, -0.15) is 0 Å². The van der Waals surface area contributed by atoms with Crippen molar-refractivity contribution >= 4 is 23.2 Å². The van der Waals surface area contributed by atoms with Gasteiger partial charge in [0.05, 0.1) is 6.61 Å². The number of benzene rings is 3. The molecule has 0 radical (unpaired) electrons. The molecule has 0 aromatic heterocycles. The Morgan fingerprint density at radius 2 is 1.38 bits per heavy atom. The Hall–Kier alpha value is -3.60. The van der Waals surface area contributed by atoms with Crippen LogP contribution >= 0.6 is 0 Å². The van der Waals surface area contributed by atoms with Crippen LogP contribution in [0.3, 0.4) is 0 Å². The van der Waals surface area contributed by atoms with E-state index in [9.17, 15) is 9.59 Å². The van der Waals surface area contributed by atoms with Crippen molar-refractivity contribution in [2.75, 3.05) is 17.2 Å². The normalized spacial score (nSPS) is 10.3. The average molecular weight is 388 g/mol. The van der Waals surface area contributed by atoms with E-state index < -0.39 is 0 Å². The lowest BCUT2D eigenvalue weighted by molar-refractivity contribution is 0.101. The lowest BCUT2D eigenvalue weighted by Gasteiger charge is -2.10. The van der Waals surface area contributed by atoms with Gasteiger partial charge in [0.25, 0.3) is 11.8 Å². The molecule has 5 heteroatoms. The third kappa shape index (κ3) is 5.23. The van der Waals surface area contributed by atoms with E-state index in [1.54, 1.807) is 36.4 Å². The second kappa shape index (κ2) is 9.06. The van der Waals surface area contributed by atoms with Crippen molar-refractivity contribution in [3.63, 3.8) is 0 Å². The van der Waals surface area contributed by atoms with Crippen LogP contribution in [0.2, 0.25) is 0 Å². The molecule has 0 aliphatic carbocycles. The molecule has 3 aromatic carbocycles. The number of carbonyl (C=O) groups is 2. The Morgan fingerprint density at radius 1 is 0.793 bits per heavy atom. The fourth-order valence-electron chi connectivity index (χ4n) is 2.98. The van der Waals surface area contributed by atoms with Gasteiger partial charge in [-0.3, -0.25) is 9.59 Å². The maximum Gasteiger partial charge on any atom is 0.255 e. The van der Waals surface area contributed by atoms with Gasteiger partial charge in [0.2, 0.25) is 0 Å². The predicted octanol–water partition coefficient (Wildman–Crippen LogP) is 5.21. The number of amides is 2. The van der Waals surface area contributed by atoms with Crippen LogP contribution in [0, 0.1) is 13.8 Å². The third-order valence-corrected chi connectivity index (χ3v) is 4.45. The van der Waals surface area contributed by atoms with Crippen LogP contribution in [-0.2, 0) is 0 Å². The Labute approximate surface area is 170 Å². The molecule has 0 spiro atoms. The molecule has 0 aliphatic heterocycles. The fourth-order valence-corrected chi connectivity index (χ4v) is 2.98. The van der Waals surface area contributed by atoms with E-state index in [0.717, 1.165) is 16.9 Å². The lowest BCUT2D eigenvalue weighted by atomic mass is 10.1. The van der Waals surface area contributed by atoms with E-state index in [0.29, 0.717) is 29.1 Å². The SMILES string of the molecule is CCOc1ccc(NC(=O)c2ccc(NC(=O)c3ccc(C)cc3C)cc2)cc1. The second-order valence-electron chi connectivity index (χ2n) is 6.76. The van der Waals surface area contributed by atoms with E-state index in [2.05, 4.69) is 10.6 Å². The number of hydrogen-bond acceptors (Lipinski definition) is 3. The molecule has 0 saturated carbocycles. The predicted molar refractivity (Wildman–Crippen MR) is 116 cm³/mol. The molecule has 3 rings (SSSR count). The van der Waals surface area contributed by atoms with Gasteiger partial charge in [0, 0.05) is 22.5 Å². The van der Waals surface area contributed by atoms with Crippen LogP contribution in [-0.4, -0.2) is 18.4 Å². The first-order valence-corrected chi connectivity index (χ1v) is 9.49. The molecule has 0 bridgehead atoms. The van der Waals surface area contributed by atoms with Crippen LogP contribution in [0.5, 0.6) is 5.75 Å². The highest BCUT2D eigenvalue weighted by molar-refractivity contribution is 6.06. The summed E-state index contributed by atoms with van der Waals surface area (Å²) in [4.78, 5) is 24.9. The zero-order valence-corrected chi connectivity index (χ0v) is 16.8. The zero-order valence-electron chi connectivity index (χ0n) is 16.8. The third-order valence-electron chi connectivity index (χ3n) is 4.45. The number of nitrogens with one attached hydrogen (secondary N) is 2. The fraction of sp³-hybridized carbons (Fsp3) is 0.167. The highest BCUT2D eigenvalue weighted by Gasteiger charge is 2.11. The van der Waals surface area contributed by atoms with Gasteiger partial charge in [-0.05, 0) is 80.9 Å². The lowest BCUT2D eigenvalue weighted by Crippen LogP contribution is -2.14. The quantitative estimate of drug-likeness (QED) is 0.609. The monoisotopic (exact) mass is 388 g/mol.